The fourth-order valence-corrected chi connectivity index (χ4v) is 5.83. The van der Waals surface area contributed by atoms with Crippen molar-refractivity contribution < 1.29 is 13.2 Å². The molecule has 1 saturated heterocycles. The number of aromatic nitrogens is 3. The summed E-state index contributed by atoms with van der Waals surface area (Å²) < 4.78 is 29.1. The van der Waals surface area contributed by atoms with Crippen LogP contribution in [0.25, 0.3) is 5.65 Å². The summed E-state index contributed by atoms with van der Waals surface area (Å²) in [6.07, 6.45) is 5.16. The molecule has 0 bridgehead atoms. The van der Waals surface area contributed by atoms with Crippen LogP contribution in [0.2, 0.25) is 0 Å². The normalized spacial score (nSPS) is 15.6. The number of fused-ring (bicyclic) bond motifs is 1. The third-order valence-corrected chi connectivity index (χ3v) is 8.30. The van der Waals surface area contributed by atoms with Crippen LogP contribution in [0.3, 0.4) is 0 Å². The molecule has 0 aliphatic carbocycles. The molecule has 182 valence electrons. The lowest BCUT2D eigenvalue weighted by atomic mass is 10.0. The van der Waals surface area contributed by atoms with Crippen molar-refractivity contribution >= 4 is 27.5 Å². The van der Waals surface area contributed by atoms with Gasteiger partial charge in [0.2, 0.25) is 21.9 Å². The van der Waals surface area contributed by atoms with Gasteiger partial charge in [0.1, 0.15) is 6.04 Å². The molecule has 1 amide bonds. The number of carbonyl (C=O) groups is 1. The zero-order valence-electron chi connectivity index (χ0n) is 19.7. The van der Waals surface area contributed by atoms with Crippen LogP contribution in [-0.2, 0) is 21.2 Å². The van der Waals surface area contributed by atoms with E-state index in [1.54, 1.807) is 16.5 Å². The van der Waals surface area contributed by atoms with Crippen LogP contribution in [0.1, 0.15) is 38.7 Å². The highest BCUT2D eigenvalue weighted by Gasteiger charge is 2.28. The number of hydrogen-bond acceptors (Lipinski definition) is 6. The Labute approximate surface area is 200 Å². The van der Waals surface area contributed by atoms with Gasteiger partial charge in [0, 0.05) is 38.8 Å². The summed E-state index contributed by atoms with van der Waals surface area (Å²) in [6.45, 7) is 5.88. The predicted octanol–water partition coefficient (Wildman–Crippen LogP) is 2.80. The lowest BCUT2D eigenvalue weighted by Gasteiger charge is -2.31. The molecular weight excluding hydrogens is 452 g/mol. The van der Waals surface area contributed by atoms with Gasteiger partial charge in [-0.05, 0) is 37.0 Å². The number of rotatable bonds is 9. The molecule has 9 nitrogen and oxygen atoms in total. The monoisotopic (exact) mass is 484 g/mol. The molecule has 34 heavy (non-hydrogen) atoms. The molecule has 10 heteroatoms. The van der Waals surface area contributed by atoms with E-state index in [-0.39, 0.29) is 10.8 Å². The number of piperidine rings is 1. The van der Waals surface area contributed by atoms with Gasteiger partial charge in [0.05, 0.1) is 4.90 Å². The number of pyridine rings is 1. The summed E-state index contributed by atoms with van der Waals surface area (Å²) in [6, 6.07) is 12.5. The molecule has 1 aromatic carbocycles. The van der Waals surface area contributed by atoms with Gasteiger partial charge in [-0.1, -0.05) is 44.2 Å². The number of sulfonamides is 1. The van der Waals surface area contributed by atoms with Crippen molar-refractivity contribution in [3.05, 3.63) is 54.2 Å². The first-order valence-corrected chi connectivity index (χ1v) is 13.3. The SMILES string of the molecule is CCN(CC)S(=O)(=O)c1ccc2nnc(N[C@@H](Cc3ccccc3)C(=O)N3CCCCC3)n2c1. The number of likely N-dealkylation sites (tertiary alicyclic amines) is 1. The Morgan fingerprint density at radius 3 is 2.41 bits per heavy atom. The Kier molecular flexibility index (Phi) is 7.47. The Morgan fingerprint density at radius 2 is 1.74 bits per heavy atom. The Morgan fingerprint density at radius 1 is 1.03 bits per heavy atom. The summed E-state index contributed by atoms with van der Waals surface area (Å²) >= 11 is 0. The van der Waals surface area contributed by atoms with E-state index in [1.807, 2.05) is 49.1 Å². The highest BCUT2D eigenvalue weighted by atomic mass is 32.2. The van der Waals surface area contributed by atoms with Crippen LogP contribution in [0.15, 0.2) is 53.6 Å². The molecule has 1 N–H and O–H groups in total. The largest absolute Gasteiger partial charge is 0.342 e. The van der Waals surface area contributed by atoms with E-state index in [0.29, 0.717) is 31.1 Å². The number of benzene rings is 1. The number of carbonyl (C=O) groups excluding carboxylic acids is 1. The van der Waals surface area contributed by atoms with Gasteiger partial charge >= 0.3 is 0 Å². The van der Waals surface area contributed by atoms with E-state index in [4.69, 9.17) is 0 Å². The summed E-state index contributed by atoms with van der Waals surface area (Å²) in [5.41, 5.74) is 1.54. The molecular formula is C24H32N6O3S. The lowest BCUT2D eigenvalue weighted by molar-refractivity contribution is -0.132. The highest BCUT2D eigenvalue weighted by Crippen LogP contribution is 2.20. The maximum atomic E-state index is 13.5. The minimum absolute atomic E-state index is 0.0206. The van der Waals surface area contributed by atoms with Crippen LogP contribution in [-0.4, -0.2) is 70.3 Å². The van der Waals surface area contributed by atoms with Crippen molar-refractivity contribution in [2.24, 2.45) is 0 Å². The van der Waals surface area contributed by atoms with Gasteiger partial charge in [0.25, 0.3) is 0 Å². The number of hydrogen-bond donors (Lipinski definition) is 1. The third kappa shape index (κ3) is 5.07. The van der Waals surface area contributed by atoms with E-state index in [2.05, 4.69) is 15.5 Å². The van der Waals surface area contributed by atoms with Crippen molar-refractivity contribution in [2.75, 3.05) is 31.5 Å². The fourth-order valence-electron chi connectivity index (χ4n) is 4.38. The van der Waals surface area contributed by atoms with Gasteiger partial charge in [-0.3, -0.25) is 9.20 Å². The number of nitrogens with zero attached hydrogens (tertiary/aromatic N) is 5. The average Bonchev–Trinajstić information content (AvgIpc) is 3.27. The Balaban J connectivity index is 1.66. The van der Waals surface area contributed by atoms with Gasteiger partial charge in [0.15, 0.2) is 5.65 Å². The van der Waals surface area contributed by atoms with E-state index < -0.39 is 16.1 Å². The smallest absolute Gasteiger partial charge is 0.245 e. The summed E-state index contributed by atoms with van der Waals surface area (Å²) in [5.74, 6) is 0.366. The van der Waals surface area contributed by atoms with E-state index >= 15 is 0 Å². The van der Waals surface area contributed by atoms with Crippen LogP contribution < -0.4 is 5.32 Å². The molecule has 0 spiro atoms. The van der Waals surface area contributed by atoms with Crippen molar-refractivity contribution in [1.82, 2.24) is 23.8 Å². The van der Waals surface area contributed by atoms with Gasteiger partial charge in [-0.2, -0.15) is 4.31 Å². The van der Waals surface area contributed by atoms with Crippen molar-refractivity contribution in [1.29, 1.82) is 0 Å². The summed E-state index contributed by atoms with van der Waals surface area (Å²) in [5, 5.41) is 11.7. The Hall–Kier alpha value is -2.98. The topological polar surface area (TPSA) is 99.9 Å². The first-order chi connectivity index (χ1) is 16.4. The first-order valence-electron chi connectivity index (χ1n) is 11.9. The van der Waals surface area contributed by atoms with E-state index in [9.17, 15) is 13.2 Å². The van der Waals surface area contributed by atoms with Crippen LogP contribution in [0, 0.1) is 0 Å². The van der Waals surface area contributed by atoms with Crippen molar-refractivity contribution in [2.45, 2.75) is 50.5 Å². The number of anilines is 1. The predicted molar refractivity (Wildman–Crippen MR) is 131 cm³/mol. The number of nitrogens with one attached hydrogen (secondary N) is 1. The minimum atomic E-state index is -3.64. The molecule has 3 heterocycles. The van der Waals surface area contributed by atoms with Crippen molar-refractivity contribution in [3.8, 4) is 0 Å². The number of amides is 1. The second-order valence-corrected chi connectivity index (χ2v) is 10.4. The van der Waals surface area contributed by atoms with Gasteiger partial charge in [-0.25, -0.2) is 8.42 Å². The molecule has 3 aromatic rings. The zero-order valence-corrected chi connectivity index (χ0v) is 20.5. The molecule has 0 unspecified atom stereocenters. The standard InChI is InChI=1S/C24H32N6O3S/c1-3-29(4-2)34(32,33)20-13-14-22-26-27-24(30(22)18-20)25-21(17-19-11-7-5-8-12-19)23(31)28-15-9-6-10-16-28/h5,7-8,11-14,18,21H,3-4,6,9-10,15-17H2,1-2H3,(H,25,27)/t21-/m0/s1. The molecule has 1 aliphatic heterocycles. The molecule has 2 aromatic heterocycles. The average molecular weight is 485 g/mol. The second-order valence-electron chi connectivity index (χ2n) is 8.48. The van der Waals surface area contributed by atoms with Gasteiger partial charge < -0.3 is 10.2 Å². The summed E-state index contributed by atoms with van der Waals surface area (Å²) in [7, 11) is -3.64. The molecule has 1 fully saturated rings. The van der Waals surface area contributed by atoms with Crippen LogP contribution in [0.5, 0.6) is 0 Å². The fraction of sp³-hybridized carbons (Fsp3) is 0.458. The third-order valence-electron chi connectivity index (χ3n) is 6.27. The molecule has 0 saturated carbocycles. The van der Waals surface area contributed by atoms with Crippen LogP contribution in [0.4, 0.5) is 5.95 Å². The zero-order chi connectivity index (χ0) is 24.1. The maximum Gasteiger partial charge on any atom is 0.245 e. The lowest BCUT2D eigenvalue weighted by Crippen LogP contribution is -2.46. The Bertz CT molecular complexity index is 1220. The maximum absolute atomic E-state index is 13.5. The second kappa shape index (κ2) is 10.5. The highest BCUT2D eigenvalue weighted by molar-refractivity contribution is 7.89. The summed E-state index contributed by atoms with van der Waals surface area (Å²) in [4.78, 5) is 15.5. The van der Waals surface area contributed by atoms with Crippen molar-refractivity contribution in [3.63, 3.8) is 0 Å². The van der Waals surface area contributed by atoms with E-state index in [1.165, 1.54) is 10.5 Å². The van der Waals surface area contributed by atoms with Gasteiger partial charge in [-0.15, -0.1) is 10.2 Å². The molecule has 1 aliphatic rings. The molecule has 1 atom stereocenters. The molecule has 4 rings (SSSR count). The van der Waals surface area contributed by atoms with E-state index in [0.717, 1.165) is 37.9 Å². The minimum Gasteiger partial charge on any atom is -0.342 e. The van der Waals surface area contributed by atoms with Crippen LogP contribution >= 0.6 is 0 Å². The quantitative estimate of drug-likeness (QED) is 0.501. The molecule has 0 radical (unpaired) electrons. The first kappa shape index (κ1) is 24.2.